The molecule has 0 aliphatic heterocycles. The molecule has 3 unspecified atom stereocenters. The maximum Gasteiger partial charge on any atom is 0.407 e. The number of carbonyl (C=O) groups excluding carboxylic acids is 1. The molecule has 1 aromatic carbocycles. The van der Waals surface area contributed by atoms with Crippen molar-refractivity contribution >= 4 is 22.0 Å². The Morgan fingerprint density at radius 3 is 2.78 bits per heavy atom. The summed E-state index contributed by atoms with van der Waals surface area (Å²) in [5, 5.41) is 6.63. The molecule has 1 fully saturated rings. The van der Waals surface area contributed by atoms with E-state index < -0.39 is 5.60 Å². The summed E-state index contributed by atoms with van der Waals surface area (Å²) in [5.74, 6) is 0. The molecule has 3 atom stereocenters. The number of halogens is 1. The van der Waals surface area contributed by atoms with Crippen molar-refractivity contribution < 1.29 is 9.53 Å². The maximum atomic E-state index is 11.8. The highest BCUT2D eigenvalue weighted by Gasteiger charge is 2.40. The van der Waals surface area contributed by atoms with Crippen LogP contribution in [-0.4, -0.2) is 29.8 Å². The summed E-state index contributed by atoms with van der Waals surface area (Å²) in [5.41, 5.74) is 2.45. The minimum Gasteiger partial charge on any atom is -0.444 e. The van der Waals surface area contributed by atoms with Gasteiger partial charge in [0.15, 0.2) is 0 Å². The lowest BCUT2D eigenvalue weighted by atomic mass is 9.88. The first kappa shape index (κ1) is 16.8. The highest BCUT2D eigenvalue weighted by atomic mass is 79.9. The van der Waals surface area contributed by atoms with Gasteiger partial charge >= 0.3 is 6.09 Å². The van der Waals surface area contributed by atoms with Crippen LogP contribution >= 0.6 is 15.9 Å². The zero-order valence-electron chi connectivity index (χ0n) is 14.0. The Morgan fingerprint density at radius 1 is 1.26 bits per heavy atom. The van der Waals surface area contributed by atoms with Crippen molar-refractivity contribution in [1.82, 2.24) is 10.6 Å². The van der Waals surface area contributed by atoms with Crippen molar-refractivity contribution in [3.8, 4) is 0 Å². The molecule has 2 aliphatic carbocycles. The Morgan fingerprint density at radius 2 is 2.04 bits per heavy atom. The van der Waals surface area contributed by atoms with Crippen LogP contribution in [0.25, 0.3) is 0 Å². The average Bonchev–Trinajstić information content (AvgIpc) is 3.14. The Kier molecular flexibility index (Phi) is 4.70. The molecule has 1 amide bonds. The third-order valence-corrected chi connectivity index (χ3v) is 4.83. The zero-order chi connectivity index (χ0) is 16.6. The molecular formula is C18H25BrN2O2. The molecule has 0 aromatic heterocycles. The highest BCUT2D eigenvalue weighted by molar-refractivity contribution is 9.10. The minimum absolute atomic E-state index is 0.205. The third kappa shape index (κ3) is 4.70. The van der Waals surface area contributed by atoms with Crippen molar-refractivity contribution in [2.75, 3.05) is 0 Å². The van der Waals surface area contributed by atoms with Crippen LogP contribution in [0.1, 0.15) is 44.7 Å². The molecule has 1 saturated carbocycles. The van der Waals surface area contributed by atoms with Gasteiger partial charge in [0.2, 0.25) is 0 Å². The topological polar surface area (TPSA) is 50.4 Å². The average molecular weight is 381 g/mol. The molecule has 0 spiro atoms. The van der Waals surface area contributed by atoms with Crippen LogP contribution in [0.3, 0.4) is 0 Å². The molecule has 5 heteroatoms. The Labute approximate surface area is 146 Å². The molecule has 3 rings (SSSR count). The second-order valence-electron chi connectivity index (χ2n) is 7.61. The monoisotopic (exact) mass is 380 g/mol. The lowest BCUT2D eigenvalue weighted by molar-refractivity contribution is 0.0521. The lowest BCUT2D eigenvalue weighted by Gasteiger charge is -2.26. The highest BCUT2D eigenvalue weighted by Crippen LogP contribution is 2.28. The molecule has 0 bridgehead atoms. The quantitative estimate of drug-likeness (QED) is 0.842. The molecule has 2 N–H and O–H groups in total. The zero-order valence-corrected chi connectivity index (χ0v) is 15.6. The van der Waals surface area contributed by atoms with E-state index in [9.17, 15) is 4.79 Å². The number of nitrogens with one attached hydrogen (secondary N) is 2. The number of aryl methyl sites for hydroxylation is 1. The van der Waals surface area contributed by atoms with E-state index in [4.69, 9.17) is 4.74 Å². The van der Waals surface area contributed by atoms with Crippen LogP contribution in [0.2, 0.25) is 0 Å². The van der Waals surface area contributed by atoms with Crippen molar-refractivity contribution in [1.29, 1.82) is 0 Å². The van der Waals surface area contributed by atoms with Crippen molar-refractivity contribution in [3.05, 3.63) is 33.8 Å². The lowest BCUT2D eigenvalue weighted by Crippen LogP contribution is -2.41. The van der Waals surface area contributed by atoms with Gasteiger partial charge in [-0.2, -0.15) is 0 Å². The van der Waals surface area contributed by atoms with Crippen LogP contribution < -0.4 is 10.6 Å². The number of carbonyl (C=O) groups is 1. The first-order valence-corrected chi connectivity index (χ1v) is 9.12. The molecular weight excluding hydrogens is 356 g/mol. The summed E-state index contributed by atoms with van der Waals surface area (Å²) < 4.78 is 6.46. The summed E-state index contributed by atoms with van der Waals surface area (Å²) in [6.07, 6.45) is 4.01. The standard InChI is InChI=1S/C18H25BrN2O2/c1-18(2,3)23-17(22)21-16-10-15(16)20-14-7-5-11-8-13(19)6-4-12(11)9-14/h4,6,8,14-16,20H,5,7,9-10H2,1-3H3,(H,21,22). The number of ether oxygens (including phenoxy) is 1. The SMILES string of the molecule is CC(C)(C)OC(=O)NC1CC1NC1CCc2cc(Br)ccc2C1. The van der Waals surface area contributed by atoms with Crippen LogP contribution in [0.15, 0.2) is 22.7 Å². The summed E-state index contributed by atoms with van der Waals surface area (Å²) in [6, 6.07) is 7.65. The first-order chi connectivity index (χ1) is 10.8. The third-order valence-electron chi connectivity index (χ3n) is 4.34. The molecule has 126 valence electrons. The number of amides is 1. The van der Waals surface area contributed by atoms with Crippen LogP contribution in [0.5, 0.6) is 0 Å². The maximum absolute atomic E-state index is 11.8. The van der Waals surface area contributed by atoms with Gasteiger partial charge < -0.3 is 15.4 Å². The first-order valence-electron chi connectivity index (χ1n) is 8.33. The predicted octanol–water partition coefficient (Wildman–Crippen LogP) is 3.56. The molecule has 0 radical (unpaired) electrons. The Balaban J connectivity index is 1.46. The van der Waals surface area contributed by atoms with Crippen molar-refractivity contribution in [2.45, 2.75) is 70.2 Å². The van der Waals surface area contributed by atoms with Crippen LogP contribution in [-0.2, 0) is 17.6 Å². The number of rotatable bonds is 3. The molecule has 0 heterocycles. The van der Waals surface area contributed by atoms with Gasteiger partial charge in [0.05, 0.1) is 0 Å². The van der Waals surface area contributed by atoms with E-state index in [2.05, 4.69) is 44.8 Å². The smallest absolute Gasteiger partial charge is 0.407 e. The fourth-order valence-electron chi connectivity index (χ4n) is 3.17. The van der Waals surface area contributed by atoms with E-state index in [1.165, 1.54) is 11.1 Å². The summed E-state index contributed by atoms with van der Waals surface area (Å²) in [7, 11) is 0. The second-order valence-corrected chi connectivity index (χ2v) is 8.53. The summed E-state index contributed by atoms with van der Waals surface area (Å²) in [6.45, 7) is 5.65. The number of benzene rings is 1. The Hall–Kier alpha value is -1.07. The van der Waals surface area contributed by atoms with Gasteiger partial charge in [0.1, 0.15) is 5.60 Å². The van der Waals surface area contributed by atoms with E-state index >= 15 is 0 Å². The minimum atomic E-state index is -0.441. The normalized spacial score (nSPS) is 26.3. The van der Waals surface area contributed by atoms with Crippen molar-refractivity contribution in [2.24, 2.45) is 0 Å². The predicted molar refractivity (Wildman–Crippen MR) is 94.7 cm³/mol. The van der Waals surface area contributed by atoms with E-state index in [-0.39, 0.29) is 12.1 Å². The number of fused-ring (bicyclic) bond motifs is 1. The summed E-state index contributed by atoms with van der Waals surface area (Å²) >= 11 is 3.54. The molecule has 0 saturated heterocycles. The van der Waals surface area contributed by atoms with Crippen LogP contribution in [0.4, 0.5) is 4.79 Å². The number of alkyl carbamates (subject to hydrolysis) is 1. The van der Waals surface area contributed by atoms with Gasteiger partial charge in [0, 0.05) is 22.6 Å². The van der Waals surface area contributed by atoms with Gasteiger partial charge in [-0.3, -0.25) is 0 Å². The Bertz CT molecular complexity index is 597. The van der Waals surface area contributed by atoms with Crippen molar-refractivity contribution in [3.63, 3.8) is 0 Å². The number of hydrogen-bond donors (Lipinski definition) is 2. The van der Waals surface area contributed by atoms with E-state index in [1.54, 1.807) is 0 Å². The fraction of sp³-hybridized carbons (Fsp3) is 0.611. The van der Waals surface area contributed by atoms with E-state index in [0.29, 0.717) is 12.1 Å². The molecule has 2 aliphatic rings. The fourth-order valence-corrected chi connectivity index (χ4v) is 3.57. The van der Waals surface area contributed by atoms with Gasteiger partial charge in [-0.1, -0.05) is 22.0 Å². The van der Waals surface area contributed by atoms with Gasteiger partial charge in [0.25, 0.3) is 0 Å². The van der Waals surface area contributed by atoms with Gasteiger partial charge in [-0.15, -0.1) is 0 Å². The molecule has 23 heavy (non-hydrogen) atoms. The number of hydrogen-bond acceptors (Lipinski definition) is 3. The molecule has 4 nitrogen and oxygen atoms in total. The van der Waals surface area contributed by atoms with Gasteiger partial charge in [-0.25, -0.2) is 4.79 Å². The largest absolute Gasteiger partial charge is 0.444 e. The summed E-state index contributed by atoms with van der Waals surface area (Å²) in [4.78, 5) is 11.8. The van der Waals surface area contributed by atoms with Gasteiger partial charge in [-0.05, 0) is 69.7 Å². The van der Waals surface area contributed by atoms with E-state index in [0.717, 1.165) is 30.2 Å². The molecule has 1 aromatic rings. The van der Waals surface area contributed by atoms with E-state index in [1.807, 2.05) is 20.8 Å². The van der Waals surface area contributed by atoms with Crippen LogP contribution in [0, 0.1) is 0 Å². The second kappa shape index (κ2) is 6.44.